The van der Waals surface area contributed by atoms with Crippen molar-refractivity contribution in [2.24, 2.45) is 11.3 Å². The van der Waals surface area contributed by atoms with Gasteiger partial charge in [-0.3, -0.25) is 19.4 Å². The van der Waals surface area contributed by atoms with Gasteiger partial charge in [0, 0.05) is 14.1 Å². The fourth-order valence-electron chi connectivity index (χ4n) is 2.67. The Kier molecular flexibility index (Phi) is 4.50. The minimum Gasteiger partial charge on any atom is -0.273 e. The highest BCUT2D eigenvalue weighted by atomic mass is 16.2. The van der Waals surface area contributed by atoms with Gasteiger partial charge in [-0.15, -0.1) is 6.58 Å². The summed E-state index contributed by atoms with van der Waals surface area (Å²) in [5, 5.41) is 0. The summed E-state index contributed by atoms with van der Waals surface area (Å²) in [4.78, 5) is 38.8. The van der Waals surface area contributed by atoms with E-state index >= 15 is 0 Å². The number of hydrogen-bond donors (Lipinski definition) is 0. The predicted octanol–water partition coefficient (Wildman–Crippen LogP) is 2.04. The van der Waals surface area contributed by atoms with E-state index in [1.807, 2.05) is 13.8 Å². The summed E-state index contributed by atoms with van der Waals surface area (Å²) in [6.07, 6.45) is 3.11. The van der Waals surface area contributed by atoms with Gasteiger partial charge in [0.15, 0.2) is 0 Å². The van der Waals surface area contributed by atoms with Gasteiger partial charge in [0.05, 0.1) is 0 Å². The molecule has 1 saturated heterocycles. The van der Waals surface area contributed by atoms with Crippen LogP contribution in [0.2, 0.25) is 0 Å². The van der Waals surface area contributed by atoms with E-state index in [1.165, 1.54) is 14.1 Å². The number of carbonyl (C=O) groups excluding carboxylic acids is 3. The third-order valence-corrected chi connectivity index (χ3v) is 3.53. The Morgan fingerprint density at radius 1 is 1.16 bits per heavy atom. The number of rotatable bonds is 5. The van der Waals surface area contributed by atoms with Crippen molar-refractivity contribution in [3.63, 3.8) is 0 Å². The molecule has 0 atom stereocenters. The van der Waals surface area contributed by atoms with Crippen LogP contribution < -0.4 is 0 Å². The molecule has 0 aromatic carbocycles. The zero-order valence-corrected chi connectivity index (χ0v) is 12.1. The van der Waals surface area contributed by atoms with E-state index in [9.17, 15) is 14.4 Å². The maximum atomic E-state index is 12.5. The first-order valence-corrected chi connectivity index (χ1v) is 6.49. The summed E-state index contributed by atoms with van der Waals surface area (Å²) in [6, 6.07) is -0.562. The first kappa shape index (κ1) is 15.4. The Morgan fingerprint density at radius 2 is 1.63 bits per heavy atom. The number of amides is 4. The molecule has 1 rings (SSSR count). The number of hydrogen-bond acceptors (Lipinski definition) is 3. The summed E-state index contributed by atoms with van der Waals surface area (Å²) in [6.45, 7) is 7.57. The molecule has 5 heteroatoms. The number of imide groups is 2. The van der Waals surface area contributed by atoms with Crippen LogP contribution in [0, 0.1) is 11.3 Å². The zero-order chi connectivity index (χ0) is 14.8. The summed E-state index contributed by atoms with van der Waals surface area (Å²) in [7, 11) is 2.85. The lowest BCUT2D eigenvalue weighted by Crippen LogP contribution is -2.63. The molecule has 5 nitrogen and oxygen atoms in total. The van der Waals surface area contributed by atoms with Crippen LogP contribution >= 0.6 is 0 Å². The zero-order valence-electron chi connectivity index (χ0n) is 12.1. The maximum absolute atomic E-state index is 12.5. The van der Waals surface area contributed by atoms with Crippen molar-refractivity contribution < 1.29 is 14.4 Å². The second kappa shape index (κ2) is 5.55. The Hall–Kier alpha value is -1.65. The smallest absolute Gasteiger partial charge is 0.273 e. The maximum Gasteiger partial charge on any atom is 0.332 e. The van der Waals surface area contributed by atoms with Gasteiger partial charge in [0.25, 0.3) is 0 Å². The highest BCUT2D eigenvalue weighted by Gasteiger charge is 2.54. The lowest BCUT2D eigenvalue weighted by Gasteiger charge is -2.42. The minimum absolute atomic E-state index is 0.188. The number of allylic oxidation sites excluding steroid dienone is 1. The molecule has 0 unspecified atom stereocenters. The van der Waals surface area contributed by atoms with E-state index in [2.05, 4.69) is 6.58 Å². The molecule has 0 bridgehead atoms. The van der Waals surface area contributed by atoms with Crippen LogP contribution in [0.1, 0.15) is 33.1 Å². The monoisotopic (exact) mass is 266 g/mol. The number of carbonyl (C=O) groups is 3. The lowest BCUT2D eigenvalue weighted by molar-refractivity contribution is -0.159. The molecule has 1 aliphatic heterocycles. The van der Waals surface area contributed by atoms with E-state index in [0.29, 0.717) is 19.3 Å². The molecule has 0 aliphatic carbocycles. The quantitative estimate of drug-likeness (QED) is 0.565. The molecule has 0 aromatic heterocycles. The summed E-state index contributed by atoms with van der Waals surface area (Å²) in [5.41, 5.74) is -1.13. The van der Waals surface area contributed by atoms with Crippen molar-refractivity contribution >= 4 is 17.8 Å². The predicted molar refractivity (Wildman–Crippen MR) is 72.3 cm³/mol. The van der Waals surface area contributed by atoms with Gasteiger partial charge in [-0.05, 0) is 25.2 Å². The highest BCUT2D eigenvalue weighted by Crippen LogP contribution is 2.38. The van der Waals surface area contributed by atoms with Gasteiger partial charge in [0.2, 0.25) is 11.8 Å². The van der Waals surface area contributed by atoms with Crippen molar-refractivity contribution in [3.05, 3.63) is 12.7 Å². The topological polar surface area (TPSA) is 57.7 Å². The Bertz CT molecular complexity index is 391. The van der Waals surface area contributed by atoms with E-state index in [4.69, 9.17) is 0 Å². The molecule has 106 valence electrons. The first-order chi connectivity index (χ1) is 8.77. The second-order valence-electron chi connectivity index (χ2n) is 5.52. The minimum atomic E-state index is -1.13. The van der Waals surface area contributed by atoms with E-state index in [1.54, 1.807) is 6.08 Å². The van der Waals surface area contributed by atoms with E-state index < -0.39 is 23.3 Å². The Labute approximate surface area is 114 Å². The van der Waals surface area contributed by atoms with Crippen LogP contribution in [0.4, 0.5) is 4.79 Å². The molecule has 0 radical (unpaired) electrons. The third-order valence-electron chi connectivity index (χ3n) is 3.53. The number of barbiturate groups is 1. The van der Waals surface area contributed by atoms with E-state index in [-0.39, 0.29) is 5.92 Å². The summed E-state index contributed by atoms with van der Waals surface area (Å²) >= 11 is 0. The summed E-state index contributed by atoms with van der Waals surface area (Å²) < 4.78 is 0. The average molecular weight is 266 g/mol. The molecule has 0 N–H and O–H groups in total. The second-order valence-corrected chi connectivity index (χ2v) is 5.52. The van der Waals surface area contributed by atoms with Crippen LogP contribution in [-0.2, 0) is 9.59 Å². The largest absolute Gasteiger partial charge is 0.332 e. The van der Waals surface area contributed by atoms with Gasteiger partial charge in [-0.1, -0.05) is 19.9 Å². The molecule has 1 fully saturated rings. The average Bonchev–Trinajstić information content (AvgIpc) is 2.37. The van der Waals surface area contributed by atoms with Crippen molar-refractivity contribution in [2.45, 2.75) is 33.1 Å². The molecule has 0 saturated carbocycles. The van der Waals surface area contributed by atoms with Crippen molar-refractivity contribution in [2.75, 3.05) is 14.1 Å². The first-order valence-electron chi connectivity index (χ1n) is 6.49. The van der Waals surface area contributed by atoms with Gasteiger partial charge in [-0.2, -0.15) is 0 Å². The van der Waals surface area contributed by atoms with Gasteiger partial charge >= 0.3 is 6.03 Å². The molecule has 1 heterocycles. The van der Waals surface area contributed by atoms with Crippen LogP contribution in [0.25, 0.3) is 0 Å². The van der Waals surface area contributed by atoms with Crippen molar-refractivity contribution in [1.82, 2.24) is 9.80 Å². The van der Waals surface area contributed by atoms with Gasteiger partial charge in [-0.25, -0.2) is 4.79 Å². The fourth-order valence-corrected chi connectivity index (χ4v) is 2.67. The highest BCUT2D eigenvalue weighted by molar-refractivity contribution is 6.18. The van der Waals surface area contributed by atoms with Crippen LogP contribution in [0.5, 0.6) is 0 Å². The van der Waals surface area contributed by atoms with Crippen molar-refractivity contribution in [3.8, 4) is 0 Å². The molecule has 4 amide bonds. The molecular formula is C14H22N2O3. The molecule has 0 aromatic rings. The normalized spacial score (nSPS) is 19.3. The summed E-state index contributed by atoms with van der Waals surface area (Å²) in [5.74, 6) is -0.597. The molecule has 1 aliphatic rings. The van der Waals surface area contributed by atoms with E-state index in [0.717, 1.165) is 9.80 Å². The fraction of sp³-hybridized carbons (Fsp3) is 0.643. The van der Waals surface area contributed by atoms with Gasteiger partial charge < -0.3 is 0 Å². The van der Waals surface area contributed by atoms with Crippen molar-refractivity contribution in [1.29, 1.82) is 0 Å². The Morgan fingerprint density at radius 3 is 2.00 bits per heavy atom. The molecule has 19 heavy (non-hydrogen) atoms. The van der Waals surface area contributed by atoms with Crippen LogP contribution in [0.15, 0.2) is 12.7 Å². The lowest BCUT2D eigenvalue weighted by atomic mass is 9.73. The molecular weight excluding hydrogens is 244 g/mol. The Balaban J connectivity index is 3.24. The van der Waals surface area contributed by atoms with Crippen LogP contribution in [-0.4, -0.2) is 41.7 Å². The number of nitrogens with zero attached hydrogens (tertiary/aromatic N) is 2. The van der Waals surface area contributed by atoms with Crippen LogP contribution in [0.3, 0.4) is 0 Å². The standard InChI is InChI=1S/C14H22N2O3/c1-6-7-8-14(9-10(2)3)11(17)15(4)13(19)16(5)12(14)18/h6,10H,1,7-9H2,2-5H3. The van der Waals surface area contributed by atoms with Gasteiger partial charge in [0.1, 0.15) is 5.41 Å². The molecule has 0 spiro atoms. The number of urea groups is 1. The third kappa shape index (κ3) is 2.55. The SMILES string of the molecule is C=CCCC1(CC(C)C)C(=O)N(C)C(=O)N(C)C1=O.